The van der Waals surface area contributed by atoms with Crippen LogP contribution in [0.4, 0.5) is 4.39 Å². The summed E-state index contributed by atoms with van der Waals surface area (Å²) >= 11 is 0. The number of hydrogen-bond acceptors (Lipinski definition) is 9. The number of ketones is 2. The van der Waals surface area contributed by atoms with Gasteiger partial charge in [-0.2, -0.15) is 0 Å². The van der Waals surface area contributed by atoms with Crippen LogP contribution in [-0.4, -0.2) is 64.5 Å². The number of ether oxygens (including phenoxy) is 4. The lowest BCUT2D eigenvalue weighted by molar-refractivity contribution is -0.237. The summed E-state index contributed by atoms with van der Waals surface area (Å²) in [5.41, 5.74) is -6.81. The van der Waals surface area contributed by atoms with Crippen molar-refractivity contribution in [1.82, 2.24) is 0 Å². The van der Waals surface area contributed by atoms with E-state index < -0.39 is 75.4 Å². The fourth-order valence-corrected chi connectivity index (χ4v) is 8.02. The van der Waals surface area contributed by atoms with Gasteiger partial charge in [-0.05, 0) is 64.2 Å². The van der Waals surface area contributed by atoms with E-state index in [2.05, 4.69) is 0 Å². The molecule has 0 spiro atoms. The third-order valence-corrected chi connectivity index (χ3v) is 9.77. The first-order valence-corrected chi connectivity index (χ1v) is 13.9. The molecule has 0 aromatic rings. The summed E-state index contributed by atoms with van der Waals surface area (Å²) in [6, 6.07) is 0. The number of Topliss-reactive ketones (excluding diaryl/α,β-unsaturated/α-hetero) is 1. The molecule has 5 aliphatic rings. The van der Waals surface area contributed by atoms with Gasteiger partial charge in [-0.3, -0.25) is 14.4 Å². The summed E-state index contributed by atoms with van der Waals surface area (Å²) in [5, 5.41) is 11.7. The fourth-order valence-electron chi connectivity index (χ4n) is 8.02. The summed E-state index contributed by atoms with van der Waals surface area (Å²) in [4.78, 5) is 51.4. The standard InChI is InChI=1S/C30H37FO9/c1-7-8-11-37-25(36)24(35)30-23(39-26(3,4)40-30)14-18-19-13-21(38-16(2)32)20-12-17(33)9-10-27(20,5)29(19,31)22(34)15-28(18,30)6/h9-10,12-13,18-19,22-23,34H,7-8,11,14-15H2,1-6H3/t18-,19-,22-,23+,27-,28-,29-,30-/m0/s1. The Kier molecular flexibility index (Phi) is 6.60. The molecule has 10 heteroatoms. The van der Waals surface area contributed by atoms with E-state index in [9.17, 15) is 24.3 Å². The van der Waals surface area contributed by atoms with E-state index in [-0.39, 0.29) is 30.8 Å². The Morgan fingerprint density at radius 3 is 2.55 bits per heavy atom. The largest absolute Gasteiger partial charge is 0.460 e. The lowest BCUT2D eigenvalue weighted by Gasteiger charge is -2.61. The van der Waals surface area contributed by atoms with Crippen LogP contribution in [0, 0.1) is 22.7 Å². The molecule has 0 radical (unpaired) electrons. The minimum atomic E-state index is -2.34. The van der Waals surface area contributed by atoms with Crippen LogP contribution in [0.25, 0.3) is 0 Å². The van der Waals surface area contributed by atoms with Gasteiger partial charge in [-0.15, -0.1) is 0 Å². The highest BCUT2D eigenvalue weighted by Gasteiger charge is 2.81. The van der Waals surface area contributed by atoms with Crippen molar-refractivity contribution in [2.75, 3.05) is 6.61 Å². The molecular weight excluding hydrogens is 523 g/mol. The Bertz CT molecular complexity index is 1270. The van der Waals surface area contributed by atoms with Crippen molar-refractivity contribution >= 4 is 23.5 Å². The van der Waals surface area contributed by atoms with Gasteiger partial charge in [0, 0.05) is 23.8 Å². The average Bonchev–Trinajstić information content (AvgIpc) is 3.27. The van der Waals surface area contributed by atoms with Crippen molar-refractivity contribution in [2.45, 2.75) is 96.5 Å². The van der Waals surface area contributed by atoms with E-state index in [0.717, 1.165) is 6.42 Å². The van der Waals surface area contributed by atoms with E-state index in [1.165, 1.54) is 31.2 Å². The van der Waals surface area contributed by atoms with Crippen LogP contribution in [0.1, 0.15) is 67.2 Å². The molecule has 8 atom stereocenters. The zero-order valence-electron chi connectivity index (χ0n) is 23.7. The van der Waals surface area contributed by atoms with E-state index in [4.69, 9.17) is 18.9 Å². The van der Waals surface area contributed by atoms with Gasteiger partial charge in [0.15, 0.2) is 22.8 Å². The predicted octanol–water partition coefficient (Wildman–Crippen LogP) is 3.44. The summed E-state index contributed by atoms with van der Waals surface area (Å²) < 4.78 is 41.0. The molecular formula is C30H37FO9. The summed E-state index contributed by atoms with van der Waals surface area (Å²) in [6.07, 6.45) is 4.02. The number of carbonyl (C=O) groups excluding carboxylic acids is 4. The predicted molar refractivity (Wildman–Crippen MR) is 138 cm³/mol. The van der Waals surface area contributed by atoms with Crippen LogP contribution < -0.4 is 0 Å². The number of rotatable bonds is 6. The van der Waals surface area contributed by atoms with Crippen molar-refractivity contribution in [3.05, 3.63) is 35.6 Å². The number of fused-ring (bicyclic) bond motifs is 7. The molecule has 0 unspecified atom stereocenters. The van der Waals surface area contributed by atoms with E-state index in [1.54, 1.807) is 27.7 Å². The summed E-state index contributed by atoms with van der Waals surface area (Å²) in [5.74, 6) is -5.99. The molecule has 1 N–H and O–H groups in total. The van der Waals surface area contributed by atoms with Crippen molar-refractivity contribution < 1.29 is 47.6 Å². The molecule has 2 saturated carbocycles. The monoisotopic (exact) mass is 560 g/mol. The first kappa shape index (κ1) is 28.8. The molecule has 0 aromatic heterocycles. The quantitative estimate of drug-likeness (QED) is 0.295. The lowest BCUT2D eigenvalue weighted by atomic mass is 9.46. The Balaban J connectivity index is 1.66. The lowest BCUT2D eigenvalue weighted by Crippen LogP contribution is -2.69. The van der Waals surface area contributed by atoms with Crippen LogP contribution in [0.15, 0.2) is 35.6 Å². The molecule has 3 fully saturated rings. The van der Waals surface area contributed by atoms with Gasteiger partial charge in [0.05, 0.1) is 24.2 Å². The smallest absolute Gasteiger partial charge is 0.377 e. The van der Waals surface area contributed by atoms with Crippen molar-refractivity contribution in [3.63, 3.8) is 0 Å². The minimum Gasteiger partial charge on any atom is -0.460 e. The number of alkyl halides is 1. The summed E-state index contributed by atoms with van der Waals surface area (Å²) in [7, 11) is 0. The number of esters is 2. The van der Waals surface area contributed by atoms with Gasteiger partial charge < -0.3 is 24.1 Å². The molecule has 9 nitrogen and oxygen atoms in total. The Labute approximate surface area is 232 Å². The molecule has 5 rings (SSSR count). The second-order valence-corrected chi connectivity index (χ2v) is 12.6. The van der Waals surface area contributed by atoms with Crippen molar-refractivity contribution in [2.24, 2.45) is 22.7 Å². The zero-order valence-corrected chi connectivity index (χ0v) is 23.7. The van der Waals surface area contributed by atoms with Gasteiger partial charge in [0.25, 0.3) is 5.78 Å². The van der Waals surface area contributed by atoms with E-state index in [0.29, 0.717) is 6.42 Å². The second kappa shape index (κ2) is 9.16. The molecule has 0 aromatic carbocycles. The molecule has 40 heavy (non-hydrogen) atoms. The van der Waals surface area contributed by atoms with E-state index in [1.807, 2.05) is 6.92 Å². The maximum absolute atomic E-state index is 17.7. The van der Waals surface area contributed by atoms with Crippen LogP contribution in [0.3, 0.4) is 0 Å². The topological polar surface area (TPSA) is 125 Å². The number of unbranched alkanes of at least 4 members (excludes halogenated alkanes) is 1. The van der Waals surface area contributed by atoms with Crippen LogP contribution in [-0.2, 0) is 38.1 Å². The number of aliphatic hydroxyl groups excluding tert-OH is 1. The molecule has 1 aliphatic heterocycles. The van der Waals surface area contributed by atoms with Gasteiger partial charge in [-0.1, -0.05) is 26.3 Å². The SMILES string of the molecule is CCCCOC(=O)C(=O)[C@@]12OC(C)(C)O[C@@H]1C[C@H]1[C@@H]3C=C(OC(C)=O)C4=CC(=O)C=C[C@]4(C)[C@@]3(F)[C@@H](O)C[C@@]12C. The van der Waals surface area contributed by atoms with Crippen LogP contribution in [0.5, 0.6) is 0 Å². The van der Waals surface area contributed by atoms with Gasteiger partial charge in [0.2, 0.25) is 0 Å². The summed E-state index contributed by atoms with van der Waals surface area (Å²) in [6.45, 7) is 9.76. The van der Waals surface area contributed by atoms with Crippen LogP contribution in [0.2, 0.25) is 0 Å². The molecule has 1 heterocycles. The minimum absolute atomic E-state index is 0.0287. The van der Waals surface area contributed by atoms with Gasteiger partial charge >= 0.3 is 11.9 Å². The van der Waals surface area contributed by atoms with E-state index >= 15 is 4.39 Å². The Morgan fingerprint density at radius 1 is 1.20 bits per heavy atom. The highest BCUT2D eigenvalue weighted by Crippen LogP contribution is 2.72. The highest BCUT2D eigenvalue weighted by atomic mass is 19.1. The number of halogens is 1. The fraction of sp³-hybridized carbons (Fsp3) is 0.667. The number of carbonyl (C=O) groups is 4. The Hall–Kier alpha value is -2.69. The third-order valence-electron chi connectivity index (χ3n) is 9.77. The highest BCUT2D eigenvalue weighted by molar-refractivity contribution is 6.37. The van der Waals surface area contributed by atoms with Crippen molar-refractivity contribution in [3.8, 4) is 0 Å². The first-order chi connectivity index (χ1) is 18.6. The maximum Gasteiger partial charge on any atom is 0.377 e. The second-order valence-electron chi connectivity index (χ2n) is 12.6. The normalized spacial score (nSPS) is 42.5. The molecule has 4 aliphatic carbocycles. The molecule has 0 amide bonds. The van der Waals surface area contributed by atoms with Crippen molar-refractivity contribution in [1.29, 1.82) is 0 Å². The maximum atomic E-state index is 17.7. The first-order valence-electron chi connectivity index (χ1n) is 13.9. The third kappa shape index (κ3) is 3.68. The molecule has 1 saturated heterocycles. The molecule has 0 bridgehead atoms. The zero-order chi connectivity index (χ0) is 29.5. The van der Waals surface area contributed by atoms with Gasteiger partial charge in [0.1, 0.15) is 5.76 Å². The number of allylic oxidation sites excluding steroid dienone is 5. The number of hydrogen-bond donors (Lipinski definition) is 1. The Morgan fingerprint density at radius 2 is 1.90 bits per heavy atom. The average molecular weight is 561 g/mol. The van der Waals surface area contributed by atoms with Gasteiger partial charge in [-0.25, -0.2) is 9.18 Å². The number of aliphatic hydroxyl groups is 1. The molecule has 218 valence electrons. The van der Waals surface area contributed by atoms with Crippen LogP contribution >= 0.6 is 0 Å².